The van der Waals surface area contributed by atoms with Crippen molar-refractivity contribution in [3.05, 3.63) is 22.8 Å². The summed E-state index contributed by atoms with van der Waals surface area (Å²) in [4.78, 5) is 4.39. The summed E-state index contributed by atoms with van der Waals surface area (Å²) < 4.78 is 1.11. The second-order valence-electron chi connectivity index (χ2n) is 3.73. The molecule has 2 nitrogen and oxygen atoms in total. The largest absolute Gasteiger partial charge is 0.316 e. The minimum absolute atomic E-state index is 0.665. The van der Waals surface area contributed by atoms with E-state index in [0.717, 1.165) is 16.0 Å². The van der Waals surface area contributed by atoms with Crippen molar-refractivity contribution < 1.29 is 0 Å². The van der Waals surface area contributed by atoms with Gasteiger partial charge in [0.15, 0.2) is 0 Å². The number of rotatable bonds is 2. The van der Waals surface area contributed by atoms with Crippen molar-refractivity contribution in [2.75, 3.05) is 13.1 Å². The van der Waals surface area contributed by atoms with Gasteiger partial charge in [-0.1, -0.05) is 6.42 Å². The van der Waals surface area contributed by atoms with Gasteiger partial charge in [0, 0.05) is 22.5 Å². The Bertz CT molecular complexity index is 311. The lowest BCUT2D eigenvalue weighted by molar-refractivity contribution is 0.706. The Kier molecular flexibility index (Phi) is 4.47. The molecule has 0 radical (unpaired) electrons. The van der Waals surface area contributed by atoms with Crippen molar-refractivity contribution in [1.29, 1.82) is 0 Å². The number of aromatic nitrogens is 1. The van der Waals surface area contributed by atoms with Gasteiger partial charge < -0.3 is 5.32 Å². The molecule has 1 N–H and O–H groups in total. The Morgan fingerprint density at radius 1 is 1.47 bits per heavy atom. The highest BCUT2D eigenvalue weighted by atomic mass is 79.9. The monoisotopic (exact) mass is 286 g/mol. The van der Waals surface area contributed by atoms with Crippen LogP contribution < -0.4 is 5.32 Å². The standard InChI is InChI=1S/C11H15BrN2S/c12-10-5-3-7-14-11(10)15-9-4-1-2-6-13-8-9/h3,5,7,9,13H,1-2,4,6,8H2. The van der Waals surface area contributed by atoms with E-state index in [0.29, 0.717) is 5.25 Å². The molecule has 1 fully saturated rings. The third-order valence-electron chi connectivity index (χ3n) is 2.50. The molecule has 0 aliphatic carbocycles. The Balaban J connectivity index is 1.98. The van der Waals surface area contributed by atoms with Crippen LogP contribution in [0, 0.1) is 0 Å². The number of pyridine rings is 1. The van der Waals surface area contributed by atoms with Crippen LogP contribution in [0.2, 0.25) is 0 Å². The van der Waals surface area contributed by atoms with Crippen LogP contribution >= 0.6 is 27.7 Å². The summed E-state index contributed by atoms with van der Waals surface area (Å²) in [5.74, 6) is 0. The molecule has 4 heteroatoms. The molecular weight excluding hydrogens is 272 g/mol. The molecule has 0 aromatic carbocycles. The third-order valence-corrected chi connectivity index (χ3v) is 4.69. The number of hydrogen-bond acceptors (Lipinski definition) is 3. The van der Waals surface area contributed by atoms with Crippen LogP contribution in [0.4, 0.5) is 0 Å². The van der Waals surface area contributed by atoms with Crippen LogP contribution in [-0.2, 0) is 0 Å². The van der Waals surface area contributed by atoms with Gasteiger partial charge in [0.1, 0.15) is 5.03 Å². The number of nitrogens with zero attached hydrogens (tertiary/aromatic N) is 1. The fourth-order valence-electron chi connectivity index (χ4n) is 1.70. The lowest BCUT2D eigenvalue weighted by Gasteiger charge is -2.13. The van der Waals surface area contributed by atoms with E-state index in [-0.39, 0.29) is 0 Å². The normalized spacial score (nSPS) is 22.3. The van der Waals surface area contributed by atoms with E-state index >= 15 is 0 Å². The molecule has 0 bridgehead atoms. The Morgan fingerprint density at radius 3 is 3.27 bits per heavy atom. The number of halogens is 1. The summed E-state index contributed by atoms with van der Waals surface area (Å²) >= 11 is 5.42. The van der Waals surface area contributed by atoms with Crippen LogP contribution in [0.3, 0.4) is 0 Å². The maximum Gasteiger partial charge on any atom is 0.110 e. The Hall–Kier alpha value is -0.0600. The molecule has 1 aromatic heterocycles. The van der Waals surface area contributed by atoms with E-state index in [1.165, 1.54) is 25.8 Å². The van der Waals surface area contributed by atoms with E-state index in [2.05, 4.69) is 32.3 Å². The first kappa shape index (κ1) is 11.4. The summed E-state index contributed by atoms with van der Waals surface area (Å²) in [5, 5.41) is 5.26. The molecule has 82 valence electrons. The molecule has 1 atom stereocenters. The van der Waals surface area contributed by atoms with Gasteiger partial charge in [-0.2, -0.15) is 0 Å². The summed E-state index contributed by atoms with van der Waals surface area (Å²) in [6.45, 7) is 2.27. The van der Waals surface area contributed by atoms with Gasteiger partial charge in [-0.3, -0.25) is 0 Å². The van der Waals surface area contributed by atoms with E-state index < -0.39 is 0 Å². The first-order valence-corrected chi connectivity index (χ1v) is 7.01. The predicted molar refractivity (Wildman–Crippen MR) is 68.3 cm³/mol. The van der Waals surface area contributed by atoms with Crippen LogP contribution in [-0.4, -0.2) is 23.3 Å². The van der Waals surface area contributed by atoms with E-state index in [1.807, 2.05) is 24.0 Å². The van der Waals surface area contributed by atoms with Gasteiger partial charge in [-0.05, 0) is 47.4 Å². The van der Waals surface area contributed by atoms with Crippen LogP contribution in [0.15, 0.2) is 27.8 Å². The van der Waals surface area contributed by atoms with Gasteiger partial charge in [0.2, 0.25) is 0 Å². The average molecular weight is 287 g/mol. The minimum Gasteiger partial charge on any atom is -0.316 e. The molecule has 1 saturated heterocycles. The smallest absolute Gasteiger partial charge is 0.110 e. The van der Waals surface area contributed by atoms with Crippen LogP contribution in [0.5, 0.6) is 0 Å². The van der Waals surface area contributed by atoms with Crippen molar-refractivity contribution >= 4 is 27.7 Å². The first-order valence-electron chi connectivity index (χ1n) is 5.34. The second kappa shape index (κ2) is 5.87. The SMILES string of the molecule is Brc1cccnc1SC1CCCCNC1. The zero-order valence-electron chi connectivity index (χ0n) is 8.58. The third kappa shape index (κ3) is 3.47. The fourth-order valence-corrected chi connectivity index (χ4v) is 3.34. The molecule has 0 amide bonds. The lowest BCUT2D eigenvalue weighted by Crippen LogP contribution is -2.22. The number of hydrogen-bond donors (Lipinski definition) is 1. The fraction of sp³-hybridized carbons (Fsp3) is 0.545. The van der Waals surface area contributed by atoms with Crippen molar-refractivity contribution in [3.63, 3.8) is 0 Å². The van der Waals surface area contributed by atoms with Gasteiger partial charge in [0.25, 0.3) is 0 Å². The average Bonchev–Trinajstić information content (AvgIpc) is 2.50. The summed E-state index contributed by atoms with van der Waals surface area (Å²) in [5.41, 5.74) is 0. The predicted octanol–water partition coefficient (Wildman–Crippen LogP) is 3.08. The minimum atomic E-state index is 0.665. The second-order valence-corrected chi connectivity index (χ2v) is 5.87. The molecular formula is C11H15BrN2S. The van der Waals surface area contributed by atoms with E-state index in [1.54, 1.807) is 0 Å². The highest BCUT2D eigenvalue weighted by molar-refractivity contribution is 9.10. The molecule has 15 heavy (non-hydrogen) atoms. The van der Waals surface area contributed by atoms with E-state index in [4.69, 9.17) is 0 Å². The van der Waals surface area contributed by atoms with Crippen molar-refractivity contribution in [2.45, 2.75) is 29.5 Å². The quantitative estimate of drug-likeness (QED) is 0.905. The molecule has 1 aliphatic rings. The molecule has 1 aromatic rings. The Labute approximate surface area is 103 Å². The molecule has 0 spiro atoms. The van der Waals surface area contributed by atoms with E-state index in [9.17, 15) is 0 Å². The zero-order valence-corrected chi connectivity index (χ0v) is 11.0. The van der Waals surface area contributed by atoms with Gasteiger partial charge in [0.05, 0.1) is 0 Å². The van der Waals surface area contributed by atoms with Crippen molar-refractivity contribution in [1.82, 2.24) is 10.3 Å². The molecule has 2 heterocycles. The molecule has 0 saturated carbocycles. The maximum atomic E-state index is 4.39. The Morgan fingerprint density at radius 2 is 2.40 bits per heavy atom. The van der Waals surface area contributed by atoms with Gasteiger partial charge in [-0.15, -0.1) is 11.8 Å². The first-order chi connectivity index (χ1) is 7.36. The summed E-state index contributed by atoms with van der Waals surface area (Å²) in [6.07, 6.45) is 5.79. The number of thioether (sulfide) groups is 1. The van der Waals surface area contributed by atoms with Gasteiger partial charge >= 0.3 is 0 Å². The van der Waals surface area contributed by atoms with Crippen molar-refractivity contribution in [3.8, 4) is 0 Å². The highest BCUT2D eigenvalue weighted by Gasteiger charge is 2.14. The zero-order chi connectivity index (χ0) is 10.5. The topological polar surface area (TPSA) is 24.9 Å². The summed E-state index contributed by atoms with van der Waals surface area (Å²) in [6, 6.07) is 4.01. The lowest BCUT2D eigenvalue weighted by atomic mass is 10.2. The summed E-state index contributed by atoms with van der Waals surface area (Å²) in [7, 11) is 0. The molecule has 2 rings (SSSR count). The molecule has 1 unspecified atom stereocenters. The van der Waals surface area contributed by atoms with Gasteiger partial charge in [-0.25, -0.2) is 4.98 Å². The van der Waals surface area contributed by atoms with Crippen LogP contribution in [0.25, 0.3) is 0 Å². The van der Waals surface area contributed by atoms with Crippen LogP contribution in [0.1, 0.15) is 19.3 Å². The highest BCUT2D eigenvalue weighted by Crippen LogP contribution is 2.30. The maximum absolute atomic E-state index is 4.39. The van der Waals surface area contributed by atoms with Crippen molar-refractivity contribution in [2.24, 2.45) is 0 Å². The molecule has 1 aliphatic heterocycles. The number of nitrogens with one attached hydrogen (secondary N) is 1.